The summed E-state index contributed by atoms with van der Waals surface area (Å²) >= 11 is 0. The van der Waals surface area contributed by atoms with E-state index in [0.29, 0.717) is 12.6 Å². The number of ether oxygens (including phenoxy) is 1. The van der Waals surface area contributed by atoms with Crippen molar-refractivity contribution in [2.24, 2.45) is 0 Å². The lowest BCUT2D eigenvalue weighted by molar-refractivity contribution is 0.376. The molecule has 166 valence electrons. The van der Waals surface area contributed by atoms with Crippen molar-refractivity contribution in [1.29, 1.82) is 5.41 Å². The second-order valence-corrected chi connectivity index (χ2v) is 8.22. The van der Waals surface area contributed by atoms with Crippen molar-refractivity contribution >= 4 is 23.4 Å². The van der Waals surface area contributed by atoms with E-state index in [2.05, 4.69) is 37.7 Å². The predicted octanol–water partition coefficient (Wildman–Crippen LogP) is 2.61. The van der Waals surface area contributed by atoms with Gasteiger partial charge >= 0.3 is 6.01 Å². The van der Waals surface area contributed by atoms with Gasteiger partial charge in [-0.1, -0.05) is 6.07 Å². The van der Waals surface area contributed by atoms with Crippen LogP contribution in [0.25, 0.3) is 0 Å². The van der Waals surface area contributed by atoms with E-state index in [0.717, 1.165) is 66.6 Å². The van der Waals surface area contributed by atoms with Crippen molar-refractivity contribution in [3.05, 3.63) is 52.7 Å². The van der Waals surface area contributed by atoms with Gasteiger partial charge in [0.1, 0.15) is 5.82 Å². The third-order valence-corrected chi connectivity index (χ3v) is 6.42. The third-order valence-electron chi connectivity index (χ3n) is 6.42. The van der Waals surface area contributed by atoms with Crippen LogP contribution in [0.1, 0.15) is 28.1 Å². The van der Waals surface area contributed by atoms with Gasteiger partial charge in [-0.25, -0.2) is 4.98 Å². The molecule has 0 spiro atoms. The molecule has 0 bridgehead atoms. The van der Waals surface area contributed by atoms with Crippen LogP contribution < -0.4 is 19.9 Å². The van der Waals surface area contributed by atoms with Crippen LogP contribution in [0.15, 0.2) is 24.7 Å². The highest BCUT2D eigenvalue weighted by atomic mass is 16.5. The van der Waals surface area contributed by atoms with Crippen molar-refractivity contribution in [1.82, 2.24) is 19.5 Å². The van der Waals surface area contributed by atoms with Crippen molar-refractivity contribution < 1.29 is 4.74 Å². The minimum absolute atomic E-state index is 0.396. The molecule has 9 nitrogen and oxygen atoms in total. The molecule has 0 fully saturated rings. The Morgan fingerprint density at radius 2 is 2.00 bits per heavy atom. The fraction of sp³-hybridized carbons (Fsp3) is 0.391. The standard InChI is InChI=1S/C23H28N8O/c1-15-4-5-19(25-2)18(10-24)21(15)29-7-6-17-20(13-29)27-23(32-3)28-22(17)30-8-9-31-14-26-11-16(31)12-30/h4-5,10-11,14,24-25H,6-9,12-13H2,1-3H3. The number of anilines is 3. The Kier molecular flexibility index (Phi) is 5.16. The van der Waals surface area contributed by atoms with Crippen molar-refractivity contribution in [2.45, 2.75) is 33.0 Å². The number of hydrogen-bond acceptors (Lipinski definition) is 8. The van der Waals surface area contributed by atoms with E-state index in [1.165, 1.54) is 17.5 Å². The Balaban J connectivity index is 1.52. The van der Waals surface area contributed by atoms with Crippen LogP contribution in [0.5, 0.6) is 6.01 Å². The maximum absolute atomic E-state index is 8.02. The number of aromatic nitrogens is 4. The molecular formula is C23H28N8O. The summed E-state index contributed by atoms with van der Waals surface area (Å²) in [6.45, 7) is 6.14. The first-order valence-corrected chi connectivity index (χ1v) is 10.9. The van der Waals surface area contributed by atoms with E-state index in [-0.39, 0.29) is 0 Å². The van der Waals surface area contributed by atoms with E-state index in [1.54, 1.807) is 7.11 Å². The van der Waals surface area contributed by atoms with Crippen molar-refractivity contribution in [3.63, 3.8) is 0 Å². The average Bonchev–Trinajstić information content (AvgIpc) is 3.30. The predicted molar refractivity (Wildman–Crippen MR) is 125 cm³/mol. The number of benzene rings is 1. The molecule has 4 heterocycles. The maximum Gasteiger partial charge on any atom is 0.318 e. The summed E-state index contributed by atoms with van der Waals surface area (Å²) < 4.78 is 7.68. The van der Waals surface area contributed by atoms with Crippen LogP contribution in [-0.4, -0.2) is 53.0 Å². The number of fused-ring (bicyclic) bond motifs is 2. The SMILES string of the molecule is CNc1ccc(C)c(N2CCc3c(nc(OC)nc3N3CCn4cncc4C3)C2)c1C=N. The smallest absolute Gasteiger partial charge is 0.318 e. The van der Waals surface area contributed by atoms with Gasteiger partial charge in [-0.05, 0) is 25.0 Å². The molecule has 1 aromatic carbocycles. The summed E-state index contributed by atoms with van der Waals surface area (Å²) in [6.07, 6.45) is 6.09. The lowest BCUT2D eigenvalue weighted by atomic mass is 9.99. The lowest BCUT2D eigenvalue weighted by Gasteiger charge is -2.36. The third kappa shape index (κ3) is 3.34. The second kappa shape index (κ2) is 8.14. The molecule has 2 N–H and O–H groups in total. The number of imidazole rings is 1. The first-order valence-electron chi connectivity index (χ1n) is 10.9. The first kappa shape index (κ1) is 20.3. The van der Waals surface area contributed by atoms with E-state index in [1.807, 2.05) is 25.6 Å². The highest BCUT2D eigenvalue weighted by Crippen LogP contribution is 2.36. The summed E-state index contributed by atoms with van der Waals surface area (Å²) in [4.78, 5) is 18.4. The van der Waals surface area contributed by atoms with Crippen molar-refractivity contribution in [2.75, 3.05) is 42.4 Å². The molecule has 2 aromatic heterocycles. The zero-order valence-corrected chi connectivity index (χ0v) is 18.7. The van der Waals surface area contributed by atoms with E-state index < -0.39 is 0 Å². The molecule has 0 saturated carbocycles. The van der Waals surface area contributed by atoms with Gasteiger partial charge in [-0.2, -0.15) is 9.97 Å². The summed E-state index contributed by atoms with van der Waals surface area (Å²) in [6, 6.07) is 4.53. The van der Waals surface area contributed by atoms with Crippen LogP contribution in [0.3, 0.4) is 0 Å². The van der Waals surface area contributed by atoms with Gasteiger partial charge in [0.25, 0.3) is 0 Å². The minimum atomic E-state index is 0.396. The molecule has 2 aliphatic heterocycles. The average molecular weight is 433 g/mol. The molecule has 0 amide bonds. The van der Waals surface area contributed by atoms with E-state index in [9.17, 15) is 0 Å². The molecule has 0 saturated heterocycles. The van der Waals surface area contributed by atoms with Crippen LogP contribution in [-0.2, 0) is 26.1 Å². The van der Waals surface area contributed by atoms with Gasteiger partial charge in [0.15, 0.2) is 0 Å². The number of nitrogens with one attached hydrogen (secondary N) is 2. The van der Waals surface area contributed by atoms with Gasteiger partial charge < -0.3 is 29.8 Å². The van der Waals surface area contributed by atoms with Gasteiger partial charge in [0.2, 0.25) is 0 Å². The van der Waals surface area contributed by atoms with Crippen molar-refractivity contribution in [3.8, 4) is 6.01 Å². The topological polar surface area (TPSA) is 95.2 Å². The molecule has 0 atom stereocenters. The summed E-state index contributed by atoms with van der Waals surface area (Å²) in [5.74, 6) is 0.965. The number of nitrogens with zero attached hydrogens (tertiary/aromatic N) is 6. The molecule has 9 heteroatoms. The van der Waals surface area contributed by atoms with Gasteiger partial charge in [-0.15, -0.1) is 0 Å². The normalized spacial score (nSPS) is 15.2. The highest BCUT2D eigenvalue weighted by molar-refractivity contribution is 5.95. The molecule has 0 radical (unpaired) electrons. The molecule has 0 aliphatic carbocycles. The zero-order chi connectivity index (χ0) is 22.2. The van der Waals surface area contributed by atoms with Crippen LogP contribution in [0.4, 0.5) is 17.2 Å². The van der Waals surface area contributed by atoms with Crippen LogP contribution in [0, 0.1) is 12.3 Å². The fourth-order valence-electron chi connectivity index (χ4n) is 4.80. The summed E-state index contributed by atoms with van der Waals surface area (Å²) in [5, 5.41) is 11.2. The molecule has 5 rings (SSSR count). The monoisotopic (exact) mass is 432 g/mol. The first-order chi connectivity index (χ1) is 15.6. The molecule has 3 aromatic rings. The Hall–Kier alpha value is -3.62. The molecule has 32 heavy (non-hydrogen) atoms. The Bertz CT molecular complexity index is 1170. The number of aryl methyl sites for hydroxylation is 1. The Morgan fingerprint density at radius 1 is 1.12 bits per heavy atom. The zero-order valence-electron chi connectivity index (χ0n) is 18.7. The summed E-state index contributed by atoms with van der Waals surface area (Å²) in [5.41, 5.74) is 7.46. The summed E-state index contributed by atoms with van der Waals surface area (Å²) in [7, 11) is 3.51. The second-order valence-electron chi connectivity index (χ2n) is 8.22. The van der Waals surface area contributed by atoms with Gasteiger partial charge in [0.05, 0.1) is 43.6 Å². The minimum Gasteiger partial charge on any atom is -0.467 e. The van der Waals surface area contributed by atoms with Gasteiger partial charge in [-0.3, -0.25) is 0 Å². The molecule has 2 aliphatic rings. The number of methoxy groups -OCH3 is 1. The Labute approximate surface area is 187 Å². The lowest BCUT2D eigenvalue weighted by Crippen LogP contribution is -2.38. The van der Waals surface area contributed by atoms with Crippen LogP contribution in [0.2, 0.25) is 0 Å². The molecular weight excluding hydrogens is 404 g/mol. The quantitative estimate of drug-likeness (QED) is 0.599. The number of rotatable bonds is 5. The Morgan fingerprint density at radius 3 is 2.78 bits per heavy atom. The van der Waals surface area contributed by atoms with E-state index >= 15 is 0 Å². The number of hydrogen-bond donors (Lipinski definition) is 2. The maximum atomic E-state index is 8.02. The van der Waals surface area contributed by atoms with Crippen LogP contribution >= 0.6 is 0 Å². The van der Waals surface area contributed by atoms with E-state index in [4.69, 9.17) is 20.1 Å². The largest absolute Gasteiger partial charge is 0.467 e. The fourth-order valence-corrected chi connectivity index (χ4v) is 4.80. The highest BCUT2D eigenvalue weighted by Gasteiger charge is 2.29. The van der Waals surface area contributed by atoms with Gasteiger partial charge in [0, 0.05) is 55.9 Å². The molecule has 0 unspecified atom stereocenters.